The predicted molar refractivity (Wildman–Crippen MR) is 62.5 cm³/mol. The maximum Gasteiger partial charge on any atom is 0.310 e. The zero-order valence-corrected chi connectivity index (χ0v) is 10.9. The van der Waals surface area contributed by atoms with Crippen molar-refractivity contribution in [3.05, 3.63) is 0 Å². The average molecular weight is 257 g/mol. The summed E-state index contributed by atoms with van der Waals surface area (Å²) in [6.07, 6.45) is 1.52. The first kappa shape index (κ1) is 14.5. The summed E-state index contributed by atoms with van der Waals surface area (Å²) in [5.41, 5.74) is 0. The van der Waals surface area contributed by atoms with Gasteiger partial charge in [0, 0.05) is 13.0 Å². The fourth-order valence-electron chi connectivity index (χ4n) is 2.40. The van der Waals surface area contributed by atoms with Crippen molar-refractivity contribution in [1.29, 1.82) is 0 Å². The summed E-state index contributed by atoms with van der Waals surface area (Å²) in [6, 6.07) is -0.268. The standard InChI is InChI=1S/C12H19NO5/c1-7(14)13-10-5-4-8(11(15)17-2)6-9(10)12(16)18-3/h8-10H,4-6H2,1-3H3,(H,13,14)/t8-,9-,10-/m1/s1. The van der Waals surface area contributed by atoms with E-state index in [2.05, 4.69) is 10.1 Å². The molecule has 1 rings (SSSR count). The highest BCUT2D eigenvalue weighted by molar-refractivity contribution is 5.79. The third-order valence-electron chi connectivity index (χ3n) is 3.28. The normalized spacial score (nSPS) is 27.2. The summed E-state index contributed by atoms with van der Waals surface area (Å²) in [5, 5.41) is 2.73. The molecule has 0 aromatic heterocycles. The first-order chi connectivity index (χ1) is 8.49. The Kier molecular flexibility index (Phi) is 5.12. The summed E-state index contributed by atoms with van der Waals surface area (Å²) in [5.74, 6) is -1.70. The van der Waals surface area contributed by atoms with Crippen LogP contribution in [-0.2, 0) is 23.9 Å². The molecule has 18 heavy (non-hydrogen) atoms. The number of hydrogen-bond donors (Lipinski definition) is 1. The Morgan fingerprint density at radius 3 is 2.17 bits per heavy atom. The summed E-state index contributed by atoms with van der Waals surface area (Å²) in [7, 11) is 2.63. The Morgan fingerprint density at radius 2 is 1.67 bits per heavy atom. The number of esters is 2. The van der Waals surface area contributed by atoms with Gasteiger partial charge in [0.05, 0.1) is 26.1 Å². The maximum atomic E-state index is 11.7. The third-order valence-corrected chi connectivity index (χ3v) is 3.28. The highest BCUT2D eigenvalue weighted by Crippen LogP contribution is 2.31. The molecule has 1 N–H and O–H groups in total. The maximum absolute atomic E-state index is 11.7. The van der Waals surface area contributed by atoms with E-state index in [1.54, 1.807) is 0 Å². The largest absolute Gasteiger partial charge is 0.469 e. The lowest BCUT2D eigenvalue weighted by Crippen LogP contribution is -2.47. The van der Waals surface area contributed by atoms with Crippen molar-refractivity contribution in [2.24, 2.45) is 11.8 Å². The summed E-state index contributed by atoms with van der Waals surface area (Å²) < 4.78 is 9.41. The van der Waals surface area contributed by atoms with Crippen LogP contribution in [0.15, 0.2) is 0 Å². The van der Waals surface area contributed by atoms with E-state index in [1.807, 2.05) is 0 Å². The van der Waals surface area contributed by atoms with Crippen LogP contribution in [0.1, 0.15) is 26.2 Å². The van der Waals surface area contributed by atoms with Crippen molar-refractivity contribution < 1.29 is 23.9 Å². The minimum absolute atomic E-state index is 0.189. The number of hydrogen-bond acceptors (Lipinski definition) is 5. The van der Waals surface area contributed by atoms with Crippen LogP contribution in [0.4, 0.5) is 0 Å². The van der Waals surface area contributed by atoms with Gasteiger partial charge in [0.1, 0.15) is 0 Å². The van der Waals surface area contributed by atoms with Gasteiger partial charge < -0.3 is 14.8 Å². The van der Waals surface area contributed by atoms with Crippen LogP contribution < -0.4 is 5.32 Å². The minimum Gasteiger partial charge on any atom is -0.469 e. The van der Waals surface area contributed by atoms with E-state index < -0.39 is 11.9 Å². The fourth-order valence-corrected chi connectivity index (χ4v) is 2.40. The summed E-state index contributed by atoms with van der Waals surface area (Å²) >= 11 is 0. The first-order valence-corrected chi connectivity index (χ1v) is 5.92. The third kappa shape index (κ3) is 3.45. The monoisotopic (exact) mass is 257 g/mol. The Morgan fingerprint density at radius 1 is 1.06 bits per heavy atom. The van der Waals surface area contributed by atoms with Gasteiger partial charge in [0.25, 0.3) is 0 Å². The molecule has 0 aromatic rings. The van der Waals surface area contributed by atoms with Crippen molar-refractivity contribution >= 4 is 17.8 Å². The number of carbonyl (C=O) groups excluding carboxylic acids is 3. The summed E-state index contributed by atoms with van der Waals surface area (Å²) in [4.78, 5) is 34.3. The van der Waals surface area contributed by atoms with E-state index in [-0.39, 0.29) is 23.8 Å². The molecule has 0 heterocycles. The molecule has 3 atom stereocenters. The molecule has 0 spiro atoms. The molecule has 6 nitrogen and oxygen atoms in total. The quantitative estimate of drug-likeness (QED) is 0.733. The molecule has 0 bridgehead atoms. The van der Waals surface area contributed by atoms with Gasteiger partial charge in [0.2, 0.25) is 5.91 Å². The van der Waals surface area contributed by atoms with Gasteiger partial charge >= 0.3 is 11.9 Å². The van der Waals surface area contributed by atoms with Gasteiger partial charge in [-0.2, -0.15) is 0 Å². The molecular weight excluding hydrogens is 238 g/mol. The molecule has 0 aliphatic heterocycles. The van der Waals surface area contributed by atoms with E-state index in [0.29, 0.717) is 19.3 Å². The van der Waals surface area contributed by atoms with Crippen LogP contribution in [0.25, 0.3) is 0 Å². The van der Waals surface area contributed by atoms with E-state index in [1.165, 1.54) is 21.1 Å². The molecule has 1 saturated carbocycles. The zero-order valence-electron chi connectivity index (χ0n) is 10.9. The van der Waals surface area contributed by atoms with E-state index in [9.17, 15) is 14.4 Å². The van der Waals surface area contributed by atoms with Crippen LogP contribution in [0.2, 0.25) is 0 Å². The van der Waals surface area contributed by atoms with Crippen LogP contribution in [0, 0.1) is 11.8 Å². The van der Waals surface area contributed by atoms with Gasteiger partial charge in [-0.05, 0) is 19.3 Å². The fraction of sp³-hybridized carbons (Fsp3) is 0.750. The van der Waals surface area contributed by atoms with Gasteiger partial charge in [0.15, 0.2) is 0 Å². The molecule has 0 radical (unpaired) electrons. The van der Waals surface area contributed by atoms with Gasteiger partial charge in [-0.3, -0.25) is 14.4 Å². The molecule has 102 valence electrons. The van der Waals surface area contributed by atoms with Crippen molar-refractivity contribution in [1.82, 2.24) is 5.32 Å². The predicted octanol–water partition coefficient (Wildman–Crippen LogP) is 0.253. The second-order valence-electron chi connectivity index (χ2n) is 4.47. The van der Waals surface area contributed by atoms with E-state index >= 15 is 0 Å². The van der Waals surface area contributed by atoms with Crippen molar-refractivity contribution in [2.75, 3.05) is 14.2 Å². The lowest BCUT2D eigenvalue weighted by Gasteiger charge is -2.33. The smallest absolute Gasteiger partial charge is 0.310 e. The van der Waals surface area contributed by atoms with Gasteiger partial charge in [-0.1, -0.05) is 0 Å². The molecule has 0 saturated heterocycles. The number of methoxy groups -OCH3 is 2. The zero-order chi connectivity index (χ0) is 13.7. The highest BCUT2D eigenvalue weighted by Gasteiger charge is 2.39. The van der Waals surface area contributed by atoms with Gasteiger partial charge in [-0.25, -0.2) is 0 Å². The van der Waals surface area contributed by atoms with Crippen LogP contribution in [0.3, 0.4) is 0 Å². The Balaban J connectivity index is 2.75. The van der Waals surface area contributed by atoms with Crippen LogP contribution >= 0.6 is 0 Å². The summed E-state index contributed by atoms with van der Waals surface area (Å²) in [6.45, 7) is 1.40. The van der Waals surface area contributed by atoms with E-state index in [0.717, 1.165) is 0 Å². The molecule has 6 heteroatoms. The Labute approximate surface area is 106 Å². The van der Waals surface area contributed by atoms with Crippen molar-refractivity contribution in [3.63, 3.8) is 0 Å². The topological polar surface area (TPSA) is 81.7 Å². The van der Waals surface area contributed by atoms with Crippen LogP contribution in [-0.4, -0.2) is 38.1 Å². The lowest BCUT2D eigenvalue weighted by atomic mass is 9.78. The molecule has 1 aliphatic carbocycles. The number of amides is 1. The molecule has 1 aliphatic rings. The number of carbonyl (C=O) groups is 3. The first-order valence-electron chi connectivity index (χ1n) is 5.92. The second kappa shape index (κ2) is 6.37. The molecular formula is C12H19NO5. The average Bonchev–Trinajstić information content (AvgIpc) is 2.36. The van der Waals surface area contributed by atoms with Gasteiger partial charge in [-0.15, -0.1) is 0 Å². The van der Waals surface area contributed by atoms with E-state index in [4.69, 9.17) is 4.74 Å². The number of rotatable bonds is 3. The van der Waals surface area contributed by atoms with Crippen molar-refractivity contribution in [2.45, 2.75) is 32.2 Å². The van der Waals surface area contributed by atoms with Crippen LogP contribution in [0.5, 0.6) is 0 Å². The number of ether oxygens (including phenoxy) is 2. The lowest BCUT2D eigenvalue weighted by molar-refractivity contribution is -0.153. The molecule has 0 unspecified atom stereocenters. The molecule has 0 aromatic carbocycles. The molecule has 1 fully saturated rings. The number of nitrogens with one attached hydrogen (secondary N) is 1. The Bertz CT molecular complexity index is 341. The highest BCUT2D eigenvalue weighted by atomic mass is 16.5. The Hall–Kier alpha value is -1.59. The van der Waals surface area contributed by atoms with Crippen molar-refractivity contribution in [3.8, 4) is 0 Å². The SMILES string of the molecule is COC(=O)[C@@H]1CC[C@@H](NC(C)=O)[C@H](C(=O)OC)C1. The second-order valence-corrected chi connectivity index (χ2v) is 4.47. The minimum atomic E-state index is -0.489. The molecule has 1 amide bonds.